The molecule has 0 aliphatic carbocycles. The van der Waals surface area contributed by atoms with Crippen molar-refractivity contribution >= 4 is 22.6 Å². The third-order valence-electron chi connectivity index (χ3n) is 6.91. The fourth-order valence-corrected chi connectivity index (χ4v) is 6.33. The van der Waals surface area contributed by atoms with Crippen molar-refractivity contribution in [1.29, 1.82) is 0 Å². The van der Waals surface area contributed by atoms with Crippen molar-refractivity contribution < 1.29 is 18.9 Å². The Morgan fingerprint density at radius 1 is 0.941 bits per heavy atom. The van der Waals surface area contributed by atoms with E-state index < -0.39 is 22.9 Å². The Balaban J connectivity index is 1.33. The third-order valence-corrected chi connectivity index (χ3v) is 8.35. The van der Waals surface area contributed by atoms with Gasteiger partial charge in [-0.25, -0.2) is 0 Å². The van der Waals surface area contributed by atoms with Crippen molar-refractivity contribution in [2.45, 2.75) is 68.0 Å². The van der Waals surface area contributed by atoms with E-state index in [0.717, 1.165) is 25.7 Å². The van der Waals surface area contributed by atoms with Crippen LogP contribution in [0.4, 0.5) is 0 Å². The van der Waals surface area contributed by atoms with Crippen LogP contribution in [0.25, 0.3) is 0 Å². The molecule has 2 aliphatic heterocycles. The molecule has 2 saturated heterocycles. The van der Waals surface area contributed by atoms with E-state index in [1.165, 1.54) is 5.56 Å². The topological polar surface area (TPSA) is 77.9 Å². The van der Waals surface area contributed by atoms with Gasteiger partial charge in [0, 0.05) is 24.4 Å². The molecule has 2 unspecified atom stereocenters. The summed E-state index contributed by atoms with van der Waals surface area (Å²) < 4.78 is 12.7. The van der Waals surface area contributed by atoms with Crippen LogP contribution in [0.2, 0.25) is 0 Å². The number of benzene rings is 2. The first kappa shape index (κ1) is 24.6. The largest absolute Gasteiger partial charge is 0.390 e. The predicted octanol–water partition coefficient (Wildman–Crippen LogP) is 3.16. The summed E-state index contributed by atoms with van der Waals surface area (Å²) in [6.45, 7) is 1.19. The van der Waals surface area contributed by atoms with Crippen LogP contribution in [-0.2, 0) is 26.8 Å². The smallest absolute Gasteiger partial charge is 0.245 e. The van der Waals surface area contributed by atoms with Crippen molar-refractivity contribution in [3.8, 4) is 0 Å². The fraction of sp³-hybridized carbons (Fsp3) is 0.481. The molecule has 7 heteroatoms. The van der Waals surface area contributed by atoms with E-state index in [1.807, 2.05) is 36.4 Å². The van der Waals surface area contributed by atoms with E-state index in [2.05, 4.69) is 12.1 Å². The van der Waals surface area contributed by atoms with Gasteiger partial charge >= 0.3 is 0 Å². The minimum atomic E-state index is -1.33. The van der Waals surface area contributed by atoms with E-state index >= 15 is 0 Å². The Morgan fingerprint density at radius 3 is 2.32 bits per heavy atom. The second-order valence-corrected chi connectivity index (χ2v) is 10.7. The SMILES string of the molecule is O=C(CCCc1ccccc1)N1CCC[C@H]1C(=O)N1CCC[C@H]1C(O)CS(=O)c1ccccc1. The van der Waals surface area contributed by atoms with Gasteiger partial charge in [-0.3, -0.25) is 13.8 Å². The quantitative estimate of drug-likeness (QED) is 0.596. The Kier molecular flexibility index (Phi) is 8.51. The molecule has 34 heavy (non-hydrogen) atoms. The number of hydrogen-bond donors (Lipinski definition) is 1. The third kappa shape index (κ3) is 5.94. The molecule has 2 aromatic rings. The van der Waals surface area contributed by atoms with E-state index in [9.17, 15) is 18.9 Å². The van der Waals surface area contributed by atoms with Crippen LogP contribution in [0.5, 0.6) is 0 Å². The molecule has 4 rings (SSSR count). The van der Waals surface area contributed by atoms with E-state index in [1.54, 1.807) is 21.9 Å². The Hall–Kier alpha value is -2.51. The zero-order valence-electron chi connectivity index (χ0n) is 19.6. The summed E-state index contributed by atoms with van der Waals surface area (Å²) in [4.78, 5) is 30.6. The fourth-order valence-electron chi connectivity index (χ4n) is 5.15. The van der Waals surface area contributed by atoms with Crippen LogP contribution in [0.3, 0.4) is 0 Å². The van der Waals surface area contributed by atoms with Gasteiger partial charge in [-0.15, -0.1) is 0 Å². The number of amides is 2. The van der Waals surface area contributed by atoms with E-state index in [-0.39, 0.29) is 23.6 Å². The van der Waals surface area contributed by atoms with Gasteiger partial charge in [-0.1, -0.05) is 48.5 Å². The van der Waals surface area contributed by atoms with Gasteiger partial charge < -0.3 is 14.9 Å². The number of likely N-dealkylation sites (tertiary alicyclic amines) is 2. The normalized spacial score (nSPS) is 22.0. The minimum absolute atomic E-state index is 0.0354. The Bertz CT molecular complexity index is 985. The lowest BCUT2D eigenvalue weighted by molar-refractivity contribution is -0.145. The highest BCUT2D eigenvalue weighted by molar-refractivity contribution is 7.85. The summed E-state index contributed by atoms with van der Waals surface area (Å²) in [6.07, 6.45) is 4.16. The molecule has 2 aromatic carbocycles. The number of hydrogen-bond acceptors (Lipinski definition) is 4. The number of nitrogens with zero attached hydrogens (tertiary/aromatic N) is 2. The molecule has 182 valence electrons. The van der Waals surface area contributed by atoms with Gasteiger partial charge in [0.15, 0.2) is 0 Å². The Labute approximate surface area is 204 Å². The molecule has 0 aromatic heterocycles. The number of aliphatic hydroxyl groups excluding tert-OH is 1. The summed E-state index contributed by atoms with van der Waals surface area (Å²) in [5.41, 5.74) is 1.21. The molecule has 0 spiro atoms. The number of rotatable bonds is 9. The standard InChI is InChI=1S/C27H34N2O4S/c30-25(20-34(33)22-13-5-2-6-14-22)23-15-8-19-29(23)27(32)24-16-9-18-28(24)26(31)17-7-12-21-10-3-1-4-11-21/h1-6,10-11,13-14,23-25,30H,7-9,12,15-20H2/t23-,24-,25?,34?/m0/s1. The summed E-state index contributed by atoms with van der Waals surface area (Å²) in [5.74, 6) is 0.0693. The van der Waals surface area contributed by atoms with Gasteiger partial charge in [-0.2, -0.15) is 0 Å². The van der Waals surface area contributed by atoms with Crippen molar-refractivity contribution in [2.24, 2.45) is 0 Å². The van der Waals surface area contributed by atoms with Crippen LogP contribution >= 0.6 is 0 Å². The second kappa shape index (κ2) is 11.8. The van der Waals surface area contributed by atoms with E-state index in [0.29, 0.717) is 37.2 Å². The molecule has 4 atom stereocenters. The van der Waals surface area contributed by atoms with Gasteiger partial charge in [0.05, 0.1) is 28.7 Å². The monoisotopic (exact) mass is 482 g/mol. The molecular formula is C27H34N2O4S. The minimum Gasteiger partial charge on any atom is -0.390 e. The molecule has 0 bridgehead atoms. The number of aliphatic hydroxyl groups is 1. The van der Waals surface area contributed by atoms with Crippen LogP contribution in [-0.4, -0.2) is 68.0 Å². The van der Waals surface area contributed by atoms with Gasteiger partial charge in [0.1, 0.15) is 6.04 Å². The number of carbonyl (C=O) groups is 2. The van der Waals surface area contributed by atoms with Gasteiger partial charge in [0.2, 0.25) is 11.8 Å². The number of aryl methyl sites for hydroxylation is 1. The predicted molar refractivity (Wildman–Crippen MR) is 133 cm³/mol. The van der Waals surface area contributed by atoms with Crippen molar-refractivity contribution in [3.63, 3.8) is 0 Å². The molecule has 2 amide bonds. The second-order valence-electron chi connectivity index (χ2n) is 9.22. The lowest BCUT2D eigenvalue weighted by Crippen LogP contribution is -2.52. The molecule has 0 saturated carbocycles. The Morgan fingerprint density at radius 2 is 1.59 bits per heavy atom. The highest BCUT2D eigenvalue weighted by Crippen LogP contribution is 2.27. The maximum absolute atomic E-state index is 13.5. The lowest BCUT2D eigenvalue weighted by Gasteiger charge is -2.33. The summed E-state index contributed by atoms with van der Waals surface area (Å²) in [6, 6.07) is 18.4. The summed E-state index contributed by atoms with van der Waals surface area (Å²) in [7, 11) is -1.33. The highest BCUT2D eigenvalue weighted by atomic mass is 32.2. The zero-order chi connectivity index (χ0) is 23.9. The average molecular weight is 483 g/mol. The van der Waals surface area contributed by atoms with Crippen molar-refractivity contribution in [1.82, 2.24) is 9.80 Å². The summed E-state index contributed by atoms with van der Waals surface area (Å²) >= 11 is 0. The zero-order valence-corrected chi connectivity index (χ0v) is 20.4. The van der Waals surface area contributed by atoms with Crippen molar-refractivity contribution in [2.75, 3.05) is 18.8 Å². The van der Waals surface area contributed by atoms with Crippen LogP contribution < -0.4 is 0 Å². The molecular weight excluding hydrogens is 448 g/mol. The molecule has 2 heterocycles. The van der Waals surface area contributed by atoms with Crippen LogP contribution in [0, 0.1) is 0 Å². The molecule has 0 radical (unpaired) electrons. The van der Waals surface area contributed by atoms with Crippen molar-refractivity contribution in [3.05, 3.63) is 66.2 Å². The first-order valence-corrected chi connectivity index (χ1v) is 13.6. The maximum atomic E-state index is 13.5. The first-order chi connectivity index (χ1) is 16.5. The highest BCUT2D eigenvalue weighted by Gasteiger charge is 2.41. The van der Waals surface area contributed by atoms with Crippen LogP contribution in [0.15, 0.2) is 65.6 Å². The lowest BCUT2D eigenvalue weighted by atomic mass is 10.1. The summed E-state index contributed by atoms with van der Waals surface area (Å²) in [5, 5.41) is 10.9. The molecule has 2 fully saturated rings. The van der Waals surface area contributed by atoms with Gasteiger partial charge in [-0.05, 0) is 56.2 Å². The molecule has 6 nitrogen and oxygen atoms in total. The van der Waals surface area contributed by atoms with Gasteiger partial charge in [0.25, 0.3) is 0 Å². The van der Waals surface area contributed by atoms with Crippen LogP contribution in [0.1, 0.15) is 44.1 Å². The average Bonchev–Trinajstić information content (AvgIpc) is 3.55. The molecule has 1 N–H and O–H groups in total. The van der Waals surface area contributed by atoms with E-state index in [4.69, 9.17) is 0 Å². The first-order valence-electron chi connectivity index (χ1n) is 12.3. The molecule has 2 aliphatic rings. The maximum Gasteiger partial charge on any atom is 0.245 e. The number of carbonyl (C=O) groups excluding carboxylic acids is 2.